The molecule has 0 saturated heterocycles. The fourth-order valence-corrected chi connectivity index (χ4v) is 0.729. The Labute approximate surface area is 55.4 Å². The van der Waals surface area contributed by atoms with Crippen LogP contribution in [0.1, 0.15) is 13.3 Å². The molecule has 0 aromatic rings. The first-order valence-electron chi connectivity index (χ1n) is 3.18. The average molecular weight is 125 g/mol. The quantitative estimate of drug-likeness (QED) is 0.556. The molecular weight excluding hydrogens is 114 g/mol. The largest absolute Gasteiger partial charge is 0.470 e. The fourth-order valence-electron chi connectivity index (χ4n) is 0.729. The summed E-state index contributed by atoms with van der Waals surface area (Å²) < 4.78 is 4.84. The molecular formula is C7H11NO. The Morgan fingerprint density at radius 2 is 2.00 bits per heavy atom. The molecule has 0 aromatic heterocycles. The highest BCUT2D eigenvalue weighted by molar-refractivity contribution is 4.91. The SMILES string of the molecule is CCCN1C=COC=C1. The fraction of sp³-hybridized carbons (Fsp3) is 0.429. The van der Waals surface area contributed by atoms with E-state index in [4.69, 9.17) is 4.74 Å². The minimum Gasteiger partial charge on any atom is -0.470 e. The number of ether oxygens (including phenoxy) is 1. The van der Waals surface area contributed by atoms with E-state index < -0.39 is 0 Å². The van der Waals surface area contributed by atoms with Crippen molar-refractivity contribution in [1.29, 1.82) is 0 Å². The van der Waals surface area contributed by atoms with Gasteiger partial charge >= 0.3 is 0 Å². The summed E-state index contributed by atoms with van der Waals surface area (Å²) in [6.07, 6.45) is 8.35. The van der Waals surface area contributed by atoms with Gasteiger partial charge in [-0.2, -0.15) is 0 Å². The zero-order chi connectivity index (χ0) is 6.53. The van der Waals surface area contributed by atoms with Crippen LogP contribution in [0.3, 0.4) is 0 Å². The van der Waals surface area contributed by atoms with Gasteiger partial charge in [-0.1, -0.05) is 6.92 Å². The molecule has 1 heterocycles. The molecule has 0 amide bonds. The van der Waals surface area contributed by atoms with Gasteiger partial charge in [0, 0.05) is 18.9 Å². The van der Waals surface area contributed by atoms with Crippen molar-refractivity contribution in [3.63, 3.8) is 0 Å². The molecule has 1 aliphatic heterocycles. The molecule has 0 aliphatic carbocycles. The summed E-state index contributed by atoms with van der Waals surface area (Å²) in [4.78, 5) is 2.09. The first-order valence-corrected chi connectivity index (χ1v) is 3.18. The Morgan fingerprint density at radius 1 is 1.33 bits per heavy atom. The van der Waals surface area contributed by atoms with E-state index in [0.717, 1.165) is 13.0 Å². The van der Waals surface area contributed by atoms with E-state index in [9.17, 15) is 0 Å². The highest BCUT2D eigenvalue weighted by Gasteiger charge is 1.93. The standard InChI is InChI=1S/C7H11NO/c1-2-3-8-4-6-9-7-5-8/h4-7H,2-3H2,1H3. The Kier molecular flexibility index (Phi) is 2.19. The Morgan fingerprint density at radius 3 is 2.56 bits per heavy atom. The van der Waals surface area contributed by atoms with Crippen LogP contribution in [0.4, 0.5) is 0 Å². The molecule has 0 radical (unpaired) electrons. The van der Waals surface area contributed by atoms with Gasteiger partial charge in [0.1, 0.15) is 12.5 Å². The average Bonchev–Trinajstić information content (AvgIpc) is 1.91. The molecule has 0 aromatic carbocycles. The minimum atomic E-state index is 1.07. The molecule has 50 valence electrons. The van der Waals surface area contributed by atoms with E-state index >= 15 is 0 Å². The molecule has 0 N–H and O–H groups in total. The number of rotatable bonds is 2. The zero-order valence-corrected chi connectivity index (χ0v) is 5.58. The monoisotopic (exact) mass is 125 g/mol. The summed E-state index contributed by atoms with van der Waals surface area (Å²) >= 11 is 0. The van der Waals surface area contributed by atoms with Crippen LogP contribution in [-0.4, -0.2) is 11.4 Å². The lowest BCUT2D eigenvalue weighted by Crippen LogP contribution is -2.11. The molecule has 1 aliphatic rings. The molecule has 0 unspecified atom stereocenters. The van der Waals surface area contributed by atoms with Crippen molar-refractivity contribution in [2.24, 2.45) is 0 Å². The van der Waals surface area contributed by atoms with Gasteiger partial charge in [0.2, 0.25) is 0 Å². The molecule has 0 atom stereocenters. The third-order valence-corrected chi connectivity index (χ3v) is 1.14. The third kappa shape index (κ3) is 1.80. The van der Waals surface area contributed by atoms with E-state index in [1.165, 1.54) is 0 Å². The predicted octanol–water partition coefficient (Wildman–Crippen LogP) is 1.67. The van der Waals surface area contributed by atoms with Crippen LogP contribution in [0.2, 0.25) is 0 Å². The molecule has 9 heavy (non-hydrogen) atoms. The lowest BCUT2D eigenvalue weighted by atomic mass is 10.4. The summed E-state index contributed by atoms with van der Waals surface area (Å²) in [5, 5.41) is 0. The van der Waals surface area contributed by atoms with Gasteiger partial charge in [0.25, 0.3) is 0 Å². The number of nitrogens with zero attached hydrogens (tertiary/aromatic N) is 1. The maximum Gasteiger partial charge on any atom is 0.106 e. The molecule has 2 nitrogen and oxygen atoms in total. The van der Waals surface area contributed by atoms with Gasteiger partial charge in [0.15, 0.2) is 0 Å². The van der Waals surface area contributed by atoms with Crippen LogP contribution in [-0.2, 0) is 4.74 Å². The molecule has 0 spiro atoms. The highest BCUT2D eigenvalue weighted by Crippen LogP contribution is 1.99. The van der Waals surface area contributed by atoms with Crippen LogP contribution in [0, 0.1) is 0 Å². The second kappa shape index (κ2) is 3.17. The van der Waals surface area contributed by atoms with Crippen LogP contribution in [0.25, 0.3) is 0 Å². The topological polar surface area (TPSA) is 12.5 Å². The van der Waals surface area contributed by atoms with E-state index in [2.05, 4.69) is 11.8 Å². The second-order valence-electron chi connectivity index (χ2n) is 1.94. The summed E-state index contributed by atoms with van der Waals surface area (Å²) in [5.41, 5.74) is 0. The first-order chi connectivity index (χ1) is 4.43. The summed E-state index contributed by atoms with van der Waals surface area (Å²) in [6.45, 7) is 3.22. The van der Waals surface area contributed by atoms with Gasteiger partial charge in [-0.05, 0) is 6.42 Å². The second-order valence-corrected chi connectivity index (χ2v) is 1.94. The van der Waals surface area contributed by atoms with E-state index in [1.54, 1.807) is 12.5 Å². The van der Waals surface area contributed by atoms with Crippen molar-refractivity contribution in [3.05, 3.63) is 24.9 Å². The number of hydrogen-bond acceptors (Lipinski definition) is 2. The third-order valence-electron chi connectivity index (χ3n) is 1.14. The van der Waals surface area contributed by atoms with E-state index in [1.807, 2.05) is 12.4 Å². The zero-order valence-electron chi connectivity index (χ0n) is 5.58. The van der Waals surface area contributed by atoms with Crippen molar-refractivity contribution in [2.45, 2.75) is 13.3 Å². The highest BCUT2D eigenvalue weighted by atomic mass is 16.5. The van der Waals surface area contributed by atoms with Crippen molar-refractivity contribution < 1.29 is 4.74 Å². The normalized spacial score (nSPS) is 15.9. The summed E-state index contributed by atoms with van der Waals surface area (Å²) in [6, 6.07) is 0. The Hall–Kier alpha value is -0.920. The van der Waals surface area contributed by atoms with Gasteiger partial charge in [-0.15, -0.1) is 0 Å². The smallest absolute Gasteiger partial charge is 0.106 e. The van der Waals surface area contributed by atoms with E-state index in [0.29, 0.717) is 0 Å². The minimum absolute atomic E-state index is 1.07. The van der Waals surface area contributed by atoms with Crippen molar-refractivity contribution in [3.8, 4) is 0 Å². The predicted molar refractivity (Wildman–Crippen MR) is 36.4 cm³/mol. The summed E-state index contributed by atoms with van der Waals surface area (Å²) in [7, 11) is 0. The van der Waals surface area contributed by atoms with Crippen molar-refractivity contribution >= 4 is 0 Å². The van der Waals surface area contributed by atoms with Gasteiger partial charge < -0.3 is 9.64 Å². The maximum absolute atomic E-state index is 4.84. The first kappa shape index (κ1) is 6.20. The van der Waals surface area contributed by atoms with Gasteiger partial charge in [-0.25, -0.2) is 0 Å². The van der Waals surface area contributed by atoms with Crippen LogP contribution < -0.4 is 0 Å². The number of hydrogen-bond donors (Lipinski definition) is 0. The van der Waals surface area contributed by atoms with Crippen molar-refractivity contribution in [1.82, 2.24) is 4.90 Å². The van der Waals surface area contributed by atoms with Crippen LogP contribution >= 0.6 is 0 Å². The van der Waals surface area contributed by atoms with Crippen LogP contribution in [0.15, 0.2) is 24.9 Å². The van der Waals surface area contributed by atoms with Crippen molar-refractivity contribution in [2.75, 3.05) is 6.54 Å². The summed E-state index contributed by atoms with van der Waals surface area (Å²) in [5.74, 6) is 0. The Bertz CT molecular complexity index is 117. The lowest BCUT2D eigenvalue weighted by Gasteiger charge is -2.15. The van der Waals surface area contributed by atoms with Gasteiger partial charge in [0.05, 0.1) is 0 Å². The lowest BCUT2D eigenvalue weighted by molar-refractivity contribution is 0.344. The maximum atomic E-state index is 4.84. The molecule has 0 saturated carbocycles. The molecule has 2 heteroatoms. The Balaban J connectivity index is 2.31. The molecule has 0 fully saturated rings. The molecule has 1 rings (SSSR count). The van der Waals surface area contributed by atoms with E-state index in [-0.39, 0.29) is 0 Å². The van der Waals surface area contributed by atoms with Crippen LogP contribution in [0.5, 0.6) is 0 Å². The van der Waals surface area contributed by atoms with Gasteiger partial charge in [-0.3, -0.25) is 0 Å². The molecule has 0 bridgehead atoms.